The van der Waals surface area contributed by atoms with Gasteiger partial charge in [-0.1, -0.05) is 30.3 Å². The van der Waals surface area contributed by atoms with Gasteiger partial charge in [0.25, 0.3) is 0 Å². The van der Waals surface area contributed by atoms with E-state index in [0.29, 0.717) is 12.8 Å². The molecule has 0 fully saturated rings. The molecule has 0 heterocycles. The number of benzene rings is 2. The van der Waals surface area contributed by atoms with Crippen LogP contribution in [0.3, 0.4) is 0 Å². The van der Waals surface area contributed by atoms with E-state index in [4.69, 9.17) is 0 Å². The predicted molar refractivity (Wildman–Crippen MR) is 103 cm³/mol. The van der Waals surface area contributed by atoms with E-state index in [1.54, 1.807) is 0 Å². The SMILES string of the molecule is CN(C)c1c(F)cc(NC(=O)CS(=O)(=O)CCCc2ccccc2)cc1F. The van der Waals surface area contributed by atoms with Crippen molar-refractivity contribution in [3.05, 3.63) is 59.7 Å². The van der Waals surface area contributed by atoms with E-state index in [1.807, 2.05) is 30.3 Å². The van der Waals surface area contributed by atoms with Crippen LogP contribution in [0.2, 0.25) is 0 Å². The second kappa shape index (κ2) is 8.94. The maximum atomic E-state index is 13.9. The Morgan fingerprint density at radius 2 is 1.67 bits per heavy atom. The second-order valence-electron chi connectivity index (χ2n) is 6.41. The zero-order chi connectivity index (χ0) is 20.0. The normalized spacial score (nSPS) is 11.3. The predicted octanol–water partition coefficient (Wildman–Crippen LogP) is 3.02. The number of carbonyl (C=O) groups is 1. The maximum Gasteiger partial charge on any atom is 0.239 e. The van der Waals surface area contributed by atoms with Crippen LogP contribution in [-0.2, 0) is 21.1 Å². The van der Waals surface area contributed by atoms with Gasteiger partial charge in [-0.05, 0) is 30.5 Å². The zero-order valence-electron chi connectivity index (χ0n) is 15.2. The fourth-order valence-corrected chi connectivity index (χ4v) is 3.87. The van der Waals surface area contributed by atoms with Gasteiger partial charge in [0, 0.05) is 19.8 Å². The highest BCUT2D eigenvalue weighted by Gasteiger charge is 2.19. The molecule has 0 aliphatic rings. The van der Waals surface area contributed by atoms with Gasteiger partial charge < -0.3 is 10.2 Å². The lowest BCUT2D eigenvalue weighted by Crippen LogP contribution is -2.25. The highest BCUT2D eigenvalue weighted by molar-refractivity contribution is 7.92. The van der Waals surface area contributed by atoms with Crippen LogP contribution in [-0.4, -0.2) is 39.9 Å². The molecular formula is C19H22F2N2O3S. The molecule has 0 aromatic heterocycles. The van der Waals surface area contributed by atoms with E-state index < -0.39 is 33.1 Å². The summed E-state index contributed by atoms with van der Waals surface area (Å²) in [6.07, 6.45) is 0.977. The number of anilines is 2. The zero-order valence-corrected chi connectivity index (χ0v) is 16.0. The molecule has 146 valence electrons. The van der Waals surface area contributed by atoms with Gasteiger partial charge in [-0.15, -0.1) is 0 Å². The van der Waals surface area contributed by atoms with Crippen LogP contribution < -0.4 is 10.2 Å². The molecule has 0 spiro atoms. The number of amides is 1. The highest BCUT2D eigenvalue weighted by Crippen LogP contribution is 2.25. The van der Waals surface area contributed by atoms with Gasteiger partial charge in [0.1, 0.15) is 11.4 Å². The molecule has 27 heavy (non-hydrogen) atoms. The van der Waals surface area contributed by atoms with E-state index in [0.717, 1.165) is 17.7 Å². The number of hydrogen-bond acceptors (Lipinski definition) is 4. The summed E-state index contributed by atoms with van der Waals surface area (Å²) in [7, 11) is -0.645. The van der Waals surface area contributed by atoms with Crippen molar-refractivity contribution < 1.29 is 22.0 Å². The lowest BCUT2D eigenvalue weighted by molar-refractivity contribution is -0.113. The van der Waals surface area contributed by atoms with Gasteiger partial charge in [-0.3, -0.25) is 4.79 Å². The van der Waals surface area contributed by atoms with Gasteiger partial charge in [-0.25, -0.2) is 17.2 Å². The Bertz CT molecular complexity index is 877. The van der Waals surface area contributed by atoms with Crippen LogP contribution in [0.5, 0.6) is 0 Å². The van der Waals surface area contributed by atoms with Crippen LogP contribution in [0.4, 0.5) is 20.2 Å². The van der Waals surface area contributed by atoms with E-state index in [1.165, 1.54) is 19.0 Å². The van der Waals surface area contributed by atoms with Crippen molar-refractivity contribution in [2.45, 2.75) is 12.8 Å². The van der Waals surface area contributed by atoms with Gasteiger partial charge >= 0.3 is 0 Å². The Morgan fingerprint density at radius 3 is 2.22 bits per heavy atom. The van der Waals surface area contributed by atoms with Gasteiger partial charge in [0.15, 0.2) is 21.5 Å². The third-order valence-corrected chi connectivity index (χ3v) is 5.48. The van der Waals surface area contributed by atoms with Crippen LogP contribution >= 0.6 is 0 Å². The fourth-order valence-electron chi connectivity index (χ4n) is 2.67. The molecule has 5 nitrogen and oxygen atoms in total. The van der Waals surface area contributed by atoms with Crippen molar-refractivity contribution in [2.75, 3.05) is 35.8 Å². The molecule has 0 saturated heterocycles. The summed E-state index contributed by atoms with van der Waals surface area (Å²) in [5.74, 6) is -3.40. The first-order chi connectivity index (χ1) is 12.7. The molecule has 0 aliphatic heterocycles. The van der Waals surface area contributed by atoms with Crippen molar-refractivity contribution in [3.8, 4) is 0 Å². The minimum absolute atomic E-state index is 0.125. The lowest BCUT2D eigenvalue weighted by Gasteiger charge is -2.15. The Balaban J connectivity index is 1.92. The highest BCUT2D eigenvalue weighted by atomic mass is 32.2. The number of hydrogen-bond donors (Lipinski definition) is 1. The largest absolute Gasteiger partial charge is 0.373 e. The number of carbonyl (C=O) groups excluding carboxylic acids is 1. The average Bonchev–Trinajstić information content (AvgIpc) is 2.53. The molecule has 2 rings (SSSR count). The van der Waals surface area contributed by atoms with Crippen molar-refractivity contribution in [2.24, 2.45) is 0 Å². The molecule has 1 N–H and O–H groups in total. The quantitative estimate of drug-likeness (QED) is 0.745. The van der Waals surface area contributed by atoms with Gasteiger partial charge in [0.05, 0.1) is 5.75 Å². The Kier molecular flexibility index (Phi) is 6.90. The van der Waals surface area contributed by atoms with Crippen molar-refractivity contribution in [1.29, 1.82) is 0 Å². The van der Waals surface area contributed by atoms with E-state index >= 15 is 0 Å². The molecular weight excluding hydrogens is 374 g/mol. The molecule has 1 amide bonds. The van der Waals surface area contributed by atoms with Gasteiger partial charge in [0.2, 0.25) is 5.91 Å². The number of nitrogens with one attached hydrogen (secondary N) is 1. The van der Waals surface area contributed by atoms with Crippen molar-refractivity contribution in [3.63, 3.8) is 0 Å². The molecule has 0 radical (unpaired) electrons. The Hall–Kier alpha value is -2.48. The van der Waals surface area contributed by atoms with Gasteiger partial charge in [-0.2, -0.15) is 0 Å². The third-order valence-electron chi connectivity index (χ3n) is 3.86. The summed E-state index contributed by atoms with van der Waals surface area (Å²) >= 11 is 0. The number of nitrogens with zero attached hydrogens (tertiary/aromatic N) is 1. The number of aryl methyl sites for hydroxylation is 1. The topological polar surface area (TPSA) is 66.5 Å². The number of halogens is 2. The molecule has 0 saturated carbocycles. The first kappa shape index (κ1) is 20.8. The maximum absolute atomic E-state index is 13.9. The lowest BCUT2D eigenvalue weighted by atomic mass is 10.1. The minimum atomic E-state index is -3.62. The molecule has 0 aliphatic carbocycles. The Labute approximate surface area is 157 Å². The first-order valence-electron chi connectivity index (χ1n) is 8.38. The average molecular weight is 396 g/mol. The van der Waals surface area contributed by atoms with Crippen LogP contribution in [0, 0.1) is 11.6 Å². The minimum Gasteiger partial charge on any atom is -0.373 e. The molecule has 0 bridgehead atoms. The van der Waals surface area contributed by atoms with Crippen LogP contribution in [0.25, 0.3) is 0 Å². The molecule has 0 atom stereocenters. The van der Waals surface area contributed by atoms with Crippen molar-refractivity contribution in [1.82, 2.24) is 0 Å². The number of rotatable bonds is 8. The van der Waals surface area contributed by atoms with E-state index in [9.17, 15) is 22.0 Å². The van der Waals surface area contributed by atoms with Crippen molar-refractivity contribution >= 4 is 27.1 Å². The first-order valence-corrected chi connectivity index (χ1v) is 10.2. The third kappa shape index (κ3) is 6.32. The smallest absolute Gasteiger partial charge is 0.239 e. The molecule has 2 aromatic rings. The fraction of sp³-hybridized carbons (Fsp3) is 0.316. The molecule has 8 heteroatoms. The Morgan fingerprint density at radius 1 is 1.07 bits per heavy atom. The van der Waals surface area contributed by atoms with Crippen LogP contribution in [0.1, 0.15) is 12.0 Å². The number of sulfone groups is 1. The monoisotopic (exact) mass is 396 g/mol. The summed E-state index contributed by atoms with van der Waals surface area (Å²) in [6, 6.07) is 11.3. The molecule has 0 unspecified atom stereocenters. The summed E-state index contributed by atoms with van der Waals surface area (Å²) in [6.45, 7) is 0. The summed E-state index contributed by atoms with van der Waals surface area (Å²) in [4.78, 5) is 13.2. The standard InChI is InChI=1S/C19H22F2N2O3S/c1-23(2)19-16(20)11-15(12-17(19)21)22-18(24)13-27(25,26)10-6-9-14-7-4-3-5-8-14/h3-5,7-8,11-12H,6,9-10,13H2,1-2H3,(H,22,24). The van der Waals surface area contributed by atoms with E-state index in [-0.39, 0.29) is 17.1 Å². The van der Waals surface area contributed by atoms with Crippen LogP contribution in [0.15, 0.2) is 42.5 Å². The summed E-state index contributed by atoms with van der Waals surface area (Å²) < 4.78 is 52.0. The summed E-state index contributed by atoms with van der Waals surface area (Å²) in [5, 5.41) is 2.24. The summed E-state index contributed by atoms with van der Waals surface area (Å²) in [5.41, 5.74) is 0.658. The molecule has 2 aromatic carbocycles. The second-order valence-corrected chi connectivity index (χ2v) is 8.60. The van der Waals surface area contributed by atoms with E-state index in [2.05, 4.69) is 5.32 Å².